The van der Waals surface area contributed by atoms with Crippen molar-refractivity contribution in [1.82, 2.24) is 0 Å². The van der Waals surface area contributed by atoms with E-state index in [1.807, 2.05) is 0 Å². The average Bonchev–Trinajstić information content (AvgIpc) is 1.62. The maximum absolute atomic E-state index is 12.7. The number of rotatable bonds is 8. The Labute approximate surface area is 536 Å². The van der Waals surface area contributed by atoms with E-state index in [2.05, 4.69) is 327 Å². The van der Waals surface area contributed by atoms with Crippen LogP contribution in [0.2, 0.25) is 0 Å². The first-order chi connectivity index (χ1) is 44.4. The van der Waals surface area contributed by atoms with Crippen LogP contribution in [0.4, 0.5) is 0 Å². The Hall–Kier alpha value is -10.4. The van der Waals surface area contributed by atoms with Gasteiger partial charge in [0.05, 0.1) is 5.56 Å². The first kappa shape index (κ1) is 54.7. The van der Waals surface area contributed by atoms with E-state index in [1.165, 1.54) is 122 Å². The molecule has 0 amide bonds. The lowest BCUT2D eigenvalue weighted by molar-refractivity contribution is 0.589. The Morgan fingerprint density at radius 2 is 0.659 bits per heavy atom. The first-order valence-corrected chi connectivity index (χ1v) is 32.5. The maximum Gasteiger partial charge on any atom is 0.100 e. The fraction of sp³-hybridized carbons (Fsp3) is 0.144. The molecule has 0 fully saturated rings. The highest BCUT2D eigenvalue weighted by molar-refractivity contribution is 5.98. The summed E-state index contributed by atoms with van der Waals surface area (Å²) >= 11 is 0. The molecule has 0 saturated carbocycles. The van der Waals surface area contributed by atoms with Gasteiger partial charge in [0, 0.05) is 40.7 Å². The largest absolute Gasteiger partial charge is 0.192 e. The highest BCUT2D eigenvalue weighted by atomic mass is 14.5. The second-order valence-electron chi connectivity index (χ2n) is 28.1. The molecule has 0 spiro atoms. The molecule has 17 rings (SSSR count). The van der Waals surface area contributed by atoms with Crippen molar-refractivity contribution >= 4 is 12.2 Å². The smallest absolute Gasteiger partial charge is 0.100 e. The molecule has 1 nitrogen and oxygen atoms in total. The van der Waals surface area contributed by atoms with E-state index >= 15 is 0 Å². The van der Waals surface area contributed by atoms with Gasteiger partial charge in [-0.2, -0.15) is 5.26 Å². The van der Waals surface area contributed by atoms with Crippen molar-refractivity contribution in [3.63, 3.8) is 0 Å². The lowest BCUT2D eigenvalue weighted by atomic mass is 9.76. The molecule has 91 heavy (non-hydrogen) atoms. The number of hydrogen-bond donors (Lipinski definition) is 0. The lowest BCUT2D eigenvalue weighted by Gasteiger charge is -2.26. The summed E-state index contributed by atoms with van der Waals surface area (Å²) in [5.74, 6) is 0.131. The van der Waals surface area contributed by atoms with Crippen LogP contribution in [0.5, 0.6) is 0 Å². The molecular formula is C90H69N. The summed E-state index contributed by atoms with van der Waals surface area (Å²) in [5, 5.41) is 12.7. The van der Waals surface area contributed by atoms with Gasteiger partial charge < -0.3 is 0 Å². The molecule has 0 heterocycles. The third-order valence-electron chi connectivity index (χ3n) is 20.9. The summed E-state index contributed by atoms with van der Waals surface area (Å²) in [6.45, 7) is 13.9. The van der Waals surface area contributed by atoms with Crippen molar-refractivity contribution in [2.45, 2.75) is 82.0 Å². The van der Waals surface area contributed by atoms with Crippen LogP contribution in [-0.2, 0) is 10.8 Å². The van der Waals surface area contributed by atoms with Crippen LogP contribution in [0, 0.1) is 11.3 Å². The summed E-state index contributed by atoms with van der Waals surface area (Å²) in [5.41, 5.74) is 36.4. The quantitative estimate of drug-likeness (QED) is 0.149. The number of allylic oxidation sites excluding steroid dienone is 2. The van der Waals surface area contributed by atoms with E-state index in [-0.39, 0.29) is 40.4 Å². The van der Waals surface area contributed by atoms with Gasteiger partial charge in [0.25, 0.3) is 0 Å². The van der Waals surface area contributed by atoms with Crippen molar-refractivity contribution in [3.05, 3.63) is 367 Å². The summed E-state index contributed by atoms with van der Waals surface area (Å²) in [4.78, 5) is 0. The Balaban J connectivity index is 0.919. The van der Waals surface area contributed by atoms with Crippen LogP contribution >= 0.6 is 0 Å². The molecule has 4 atom stereocenters. The molecule has 5 aliphatic carbocycles. The zero-order valence-electron chi connectivity index (χ0n) is 52.4. The normalized spacial score (nSPS) is 17.2. The van der Waals surface area contributed by atoms with Gasteiger partial charge in [-0.3, -0.25) is 0 Å². The molecule has 0 aliphatic heterocycles. The van der Waals surface area contributed by atoms with Crippen molar-refractivity contribution < 1.29 is 0 Å². The van der Waals surface area contributed by atoms with E-state index in [4.69, 9.17) is 0 Å². The minimum atomic E-state index is -0.174. The fourth-order valence-electron chi connectivity index (χ4n) is 16.5. The summed E-state index contributed by atoms with van der Waals surface area (Å²) in [6, 6.07) is 104. The monoisotopic (exact) mass is 1160 g/mol. The molecule has 1 heteroatoms. The molecule has 0 bridgehead atoms. The number of hydrogen-bond acceptors (Lipinski definition) is 1. The van der Waals surface area contributed by atoms with Gasteiger partial charge in [-0.15, -0.1) is 0 Å². The zero-order chi connectivity index (χ0) is 61.4. The summed E-state index contributed by atoms with van der Waals surface area (Å²) < 4.78 is 0. The molecular weight excluding hydrogens is 1090 g/mol. The molecule has 434 valence electrons. The van der Waals surface area contributed by atoms with Gasteiger partial charge in [0.2, 0.25) is 0 Å². The highest BCUT2D eigenvalue weighted by Gasteiger charge is 2.45. The predicted octanol–water partition coefficient (Wildman–Crippen LogP) is 23.0. The van der Waals surface area contributed by atoms with Crippen molar-refractivity contribution in [1.29, 1.82) is 5.26 Å². The third kappa shape index (κ3) is 8.79. The second-order valence-corrected chi connectivity index (χ2v) is 28.1. The Kier molecular flexibility index (Phi) is 12.5. The number of fused-ring (bicyclic) bond motifs is 13. The number of benzene rings is 12. The molecule has 4 unspecified atom stereocenters. The predicted molar refractivity (Wildman–Crippen MR) is 378 cm³/mol. The molecule has 0 N–H and O–H groups in total. The maximum atomic E-state index is 12.7. The topological polar surface area (TPSA) is 23.8 Å². The van der Waals surface area contributed by atoms with Crippen LogP contribution in [-0.4, -0.2) is 0 Å². The summed E-state index contributed by atoms with van der Waals surface area (Å²) in [6.07, 6.45) is 4.97. The number of nitrogens with zero attached hydrogens (tertiary/aromatic N) is 1. The lowest BCUT2D eigenvalue weighted by Crippen LogP contribution is -2.11. The Morgan fingerprint density at radius 3 is 1.09 bits per heavy atom. The molecule has 12 aromatic carbocycles. The van der Waals surface area contributed by atoms with E-state index in [0.717, 1.165) is 38.9 Å². The summed E-state index contributed by atoms with van der Waals surface area (Å²) in [7, 11) is 0. The van der Waals surface area contributed by atoms with E-state index in [0.29, 0.717) is 5.56 Å². The van der Waals surface area contributed by atoms with E-state index in [9.17, 15) is 5.26 Å². The van der Waals surface area contributed by atoms with Gasteiger partial charge in [-0.05, 0) is 191 Å². The average molecular weight is 1160 g/mol. The van der Waals surface area contributed by atoms with Crippen molar-refractivity contribution in [3.8, 4) is 72.8 Å². The van der Waals surface area contributed by atoms with Gasteiger partial charge >= 0.3 is 0 Å². The van der Waals surface area contributed by atoms with Crippen LogP contribution in [0.1, 0.15) is 160 Å². The van der Waals surface area contributed by atoms with Gasteiger partial charge in [-0.1, -0.05) is 290 Å². The van der Waals surface area contributed by atoms with Crippen LogP contribution in [0.25, 0.3) is 78.9 Å². The second kappa shape index (κ2) is 20.8. The van der Waals surface area contributed by atoms with Crippen LogP contribution in [0.15, 0.2) is 278 Å². The zero-order valence-corrected chi connectivity index (χ0v) is 52.4. The molecule has 5 aliphatic rings. The minimum Gasteiger partial charge on any atom is -0.192 e. The first-order valence-electron chi connectivity index (χ1n) is 32.5. The van der Waals surface area contributed by atoms with Crippen LogP contribution < -0.4 is 0 Å². The fourth-order valence-corrected chi connectivity index (χ4v) is 16.5. The van der Waals surface area contributed by atoms with Gasteiger partial charge in [0.1, 0.15) is 6.07 Å². The van der Waals surface area contributed by atoms with Crippen LogP contribution in [0.3, 0.4) is 0 Å². The van der Waals surface area contributed by atoms with Gasteiger partial charge in [-0.25, -0.2) is 0 Å². The third-order valence-corrected chi connectivity index (χ3v) is 20.9. The van der Waals surface area contributed by atoms with Gasteiger partial charge in [0.15, 0.2) is 0 Å². The SMILES string of the molecule is CC(C)(C)c1ccc2c(c1)-c1cc(C(C)(C)C)ccc1C2c1cc(-c2ccccc2)c(-c2ccc3c(c2)C2C(=C3)C(c3ccccc3)c3ccc(-c4ccccc4)cc32)c(C#N)c1-c1ccc2c(c1)C1C(=C2)C(c2ccccc2)c2ccc(-c3ccccc3)cc21. The minimum absolute atomic E-state index is 0.0326. The molecule has 0 radical (unpaired) electrons. The standard InChI is InChI=1S/C90H69N/c1-89(2,3)65-38-42-67-74(50-65)75-51-66(90(4,5)6)39-43-68(75)86(67)80-52-73(56-26-16-9-17-27-56)84(63-34-32-61-46-78-82(57-28-18-10-19-29-57)69-40-36-59(54-22-12-7-13-23-54)44-76(69)87(78)71(61)48-63)81(53-91)85(80)64-35-33-62-47-79-83(58-30-20-11-21-31-58)70-41-37-60(55-24-14-8-15-25-55)45-77(70)88(79)72(62)49-64/h7-52,82-83,86-88H,1-6H3. The highest BCUT2D eigenvalue weighted by Crippen LogP contribution is 2.61. The van der Waals surface area contributed by atoms with E-state index < -0.39 is 0 Å². The molecule has 0 saturated heterocycles. The Bertz CT molecular complexity index is 5000. The number of nitriles is 1. The van der Waals surface area contributed by atoms with E-state index in [1.54, 1.807) is 0 Å². The van der Waals surface area contributed by atoms with Crippen molar-refractivity contribution in [2.75, 3.05) is 0 Å². The van der Waals surface area contributed by atoms with Crippen molar-refractivity contribution in [2.24, 2.45) is 0 Å². The molecule has 12 aromatic rings. The Morgan fingerprint density at radius 1 is 0.275 bits per heavy atom. The molecule has 0 aromatic heterocycles.